The van der Waals surface area contributed by atoms with Crippen molar-refractivity contribution in [1.29, 1.82) is 0 Å². The van der Waals surface area contributed by atoms with E-state index in [1.54, 1.807) is 0 Å². The van der Waals surface area contributed by atoms with Gasteiger partial charge in [-0.15, -0.1) is 0 Å². The maximum absolute atomic E-state index is 13.0. The predicted molar refractivity (Wildman–Crippen MR) is 124 cm³/mol. The molecular weight excluding hydrogens is 715 g/mol. The first-order chi connectivity index (χ1) is 19.5. The molecule has 270 valence electrons. The van der Waals surface area contributed by atoms with E-state index in [1.807, 2.05) is 0 Å². The molecule has 0 radical (unpaired) electrons. The van der Waals surface area contributed by atoms with E-state index < -0.39 is 57.1 Å². The van der Waals surface area contributed by atoms with Crippen molar-refractivity contribution in [3.8, 4) is 0 Å². The Morgan fingerprint density at radius 1 is 0.622 bits per heavy atom. The highest BCUT2D eigenvalue weighted by Crippen LogP contribution is 2.64. The monoisotopic (exact) mass is 742 g/mol. The van der Waals surface area contributed by atoms with Crippen LogP contribution in [0, 0.1) is 5.92 Å². The van der Waals surface area contributed by atoms with Gasteiger partial charge in [0.2, 0.25) is 0 Å². The summed E-state index contributed by atoms with van der Waals surface area (Å²) in [5, 5.41) is -6.63. The van der Waals surface area contributed by atoms with E-state index in [0.717, 1.165) is 18.6 Å². The van der Waals surface area contributed by atoms with Crippen molar-refractivity contribution in [3.05, 3.63) is 0 Å². The van der Waals surface area contributed by atoms with Crippen molar-refractivity contribution in [2.75, 3.05) is 5.75 Å². The van der Waals surface area contributed by atoms with Crippen molar-refractivity contribution >= 4 is 26.8 Å². The Labute approximate surface area is 248 Å². The smallest absolute Gasteiger partial charge is 0.460 e. The fourth-order valence-corrected chi connectivity index (χ4v) is 6.65. The Kier molecular flexibility index (Phi) is 13.3. The number of hydrogen-bond donors (Lipinski definition) is 0. The zero-order chi connectivity index (χ0) is 36.6. The highest BCUT2D eigenvalue weighted by molar-refractivity contribution is 7.98. The summed E-state index contributed by atoms with van der Waals surface area (Å²) in [5.41, 5.74) is 0. The van der Waals surface area contributed by atoms with Gasteiger partial charge >= 0.3 is 47.0 Å². The third kappa shape index (κ3) is 7.90. The summed E-state index contributed by atoms with van der Waals surface area (Å²) in [4.78, 5) is 12.2. The summed E-state index contributed by atoms with van der Waals surface area (Å²) in [7, 11) is -7.85. The Bertz CT molecular complexity index is 1110. The van der Waals surface area contributed by atoms with Crippen molar-refractivity contribution in [2.45, 2.75) is 117 Å². The number of carbonyl (C=O) groups is 1. The van der Waals surface area contributed by atoms with Crippen LogP contribution < -0.4 is 0 Å². The van der Waals surface area contributed by atoms with Gasteiger partial charge in [0.15, 0.2) is 21.7 Å². The molecule has 0 aliphatic heterocycles. The number of hydrogen-bond acceptors (Lipinski definition) is 4. The molecule has 4 nitrogen and oxygen atoms in total. The van der Waals surface area contributed by atoms with Crippen LogP contribution in [0.15, 0.2) is 0 Å². The molecule has 0 aromatic carbocycles. The number of alkyl halides is 17. The lowest BCUT2D eigenvalue weighted by molar-refractivity contribution is -0.458. The van der Waals surface area contributed by atoms with E-state index in [4.69, 9.17) is 0 Å². The first-order valence-electron chi connectivity index (χ1n) is 12.4. The van der Waals surface area contributed by atoms with Crippen LogP contribution >= 0.6 is 0 Å². The quantitative estimate of drug-likeness (QED) is 0.115. The predicted octanol–water partition coefficient (Wildman–Crippen LogP) is 8.07. The summed E-state index contributed by atoms with van der Waals surface area (Å²) in [5.74, 6) is -50.3. The molecule has 1 saturated carbocycles. The molecule has 45 heavy (non-hydrogen) atoms. The number of carbonyl (C=O) groups excluding carboxylic acids is 1. The zero-order valence-corrected chi connectivity index (χ0v) is 25.0. The lowest BCUT2D eigenvalue weighted by Gasteiger charge is -2.42. The van der Waals surface area contributed by atoms with E-state index in [-0.39, 0.29) is 0 Å². The van der Waals surface area contributed by atoms with E-state index in [0.29, 0.717) is 33.1 Å². The molecule has 1 aliphatic rings. The Balaban J connectivity index is 0.00000101. The largest absolute Gasteiger partial charge is 0.743 e. The van der Waals surface area contributed by atoms with Gasteiger partial charge in [-0.2, -0.15) is 74.6 Å². The van der Waals surface area contributed by atoms with Crippen LogP contribution in [0.2, 0.25) is 0 Å². The van der Waals surface area contributed by atoms with Gasteiger partial charge in [-0.3, -0.25) is 4.79 Å². The second-order valence-corrected chi connectivity index (χ2v) is 15.0. The highest BCUT2D eigenvalue weighted by Gasteiger charge is 2.95. The van der Waals surface area contributed by atoms with Crippen molar-refractivity contribution in [2.24, 2.45) is 5.92 Å². The molecule has 0 atom stereocenters. The minimum atomic E-state index is -8.92. The van der Waals surface area contributed by atoms with Gasteiger partial charge < -0.3 is 4.55 Å². The molecule has 0 unspecified atom stereocenters. The third-order valence-electron chi connectivity index (χ3n) is 6.59. The van der Waals surface area contributed by atoms with E-state index in [1.165, 1.54) is 19.3 Å². The van der Waals surface area contributed by atoms with E-state index in [9.17, 15) is 92.4 Å². The Hall–Kier alpha value is -1.26. The molecule has 0 aromatic rings. The molecule has 1 rings (SSSR count). The number of halogens is 17. The number of Topliss-reactive ketones (excluding diaryl/α,β-unsaturated/α-hetero) is 1. The molecule has 0 N–H and O–H groups in total. The SMILES string of the molecule is CC(C)[S+](CC(=O)C1CCCCC1)C(C)C.O=S(=O)([O-])C(F)(F)C(F)(F)C(F)(F)C(F)(F)C(F)(F)C(F)(F)C(F)(F)C(F)(F)F. The minimum Gasteiger partial charge on any atom is -0.743 e. The standard InChI is InChI=1S/C14H27OS.C8HF17O3S/c1-11(2)16(12(3)4)10-14(15)13-8-6-5-7-9-13;9-1(10,3(13,14)5(17,18)7(21,22)23)2(11,12)4(15,16)6(19,20)8(24,25)29(26,27)28/h11-13H,5-10H2,1-4H3;(H,26,27,28)/q+1;/p-1. The lowest BCUT2D eigenvalue weighted by Crippen LogP contribution is -2.75. The van der Waals surface area contributed by atoms with Crippen LogP contribution in [0.3, 0.4) is 0 Å². The van der Waals surface area contributed by atoms with Crippen LogP contribution in [0.25, 0.3) is 0 Å². The fraction of sp³-hybridized carbons (Fsp3) is 0.955. The average Bonchev–Trinajstić information content (AvgIpc) is 2.85. The maximum atomic E-state index is 13.0. The molecule has 1 aliphatic carbocycles. The second kappa shape index (κ2) is 13.7. The van der Waals surface area contributed by atoms with Crippen LogP contribution in [0.1, 0.15) is 59.8 Å². The molecule has 1 fully saturated rings. The summed E-state index contributed by atoms with van der Waals surface area (Å²) in [6, 6.07) is 0. The number of ketones is 1. The molecule has 23 heteroatoms. The van der Waals surface area contributed by atoms with Gasteiger partial charge in [-0.25, -0.2) is 8.42 Å². The first-order valence-corrected chi connectivity index (χ1v) is 15.3. The molecular formula is C22H27F17O4S2. The van der Waals surface area contributed by atoms with Crippen molar-refractivity contribution in [1.82, 2.24) is 0 Å². The molecule has 0 heterocycles. The van der Waals surface area contributed by atoms with Crippen LogP contribution in [-0.2, 0) is 25.8 Å². The van der Waals surface area contributed by atoms with Gasteiger partial charge in [0.1, 0.15) is 10.5 Å². The lowest BCUT2D eigenvalue weighted by atomic mass is 9.87. The number of rotatable bonds is 12. The van der Waals surface area contributed by atoms with E-state index >= 15 is 0 Å². The summed E-state index contributed by atoms with van der Waals surface area (Å²) >= 11 is 0. The van der Waals surface area contributed by atoms with Crippen LogP contribution in [0.5, 0.6) is 0 Å². The van der Waals surface area contributed by atoms with Gasteiger partial charge in [0, 0.05) is 5.92 Å². The summed E-state index contributed by atoms with van der Waals surface area (Å²) in [6.07, 6.45) is -1.69. The first kappa shape index (κ1) is 43.7. The summed E-state index contributed by atoms with van der Waals surface area (Å²) < 4.78 is 244. The zero-order valence-electron chi connectivity index (χ0n) is 23.3. The second-order valence-electron chi connectivity index (χ2n) is 10.4. The molecule has 0 spiro atoms. The normalized spacial score (nSPS) is 17.5. The van der Waals surface area contributed by atoms with Crippen LogP contribution in [-0.4, -0.2) is 82.0 Å². The van der Waals surface area contributed by atoms with Crippen LogP contribution in [0.4, 0.5) is 74.6 Å². The van der Waals surface area contributed by atoms with Crippen molar-refractivity contribution < 1.29 is 92.4 Å². The minimum absolute atomic E-state index is 0.291. The highest BCUT2D eigenvalue weighted by atomic mass is 32.2. The third-order valence-corrected chi connectivity index (χ3v) is 10.5. The average molecular weight is 743 g/mol. The van der Waals surface area contributed by atoms with Crippen molar-refractivity contribution in [3.63, 3.8) is 0 Å². The maximum Gasteiger partial charge on any atom is 0.460 e. The molecule has 0 aromatic heterocycles. The van der Waals surface area contributed by atoms with E-state index in [2.05, 4.69) is 27.7 Å². The summed E-state index contributed by atoms with van der Waals surface area (Å²) in [6.45, 7) is 9.04. The van der Waals surface area contributed by atoms with Gasteiger partial charge in [0.25, 0.3) is 0 Å². The molecule has 0 saturated heterocycles. The molecule has 0 amide bonds. The topological polar surface area (TPSA) is 74.3 Å². The fourth-order valence-electron chi connectivity index (χ4n) is 3.89. The van der Waals surface area contributed by atoms with Gasteiger partial charge in [-0.05, 0) is 51.4 Å². The van der Waals surface area contributed by atoms with Gasteiger partial charge in [0.05, 0.1) is 0 Å². The van der Waals surface area contributed by atoms with Gasteiger partial charge in [-0.1, -0.05) is 19.3 Å². The Morgan fingerprint density at radius 2 is 0.933 bits per heavy atom. The molecule has 0 bridgehead atoms. The Morgan fingerprint density at radius 3 is 1.22 bits per heavy atom.